The normalized spacial score (nSPS) is 10.9. The van der Waals surface area contributed by atoms with Gasteiger partial charge >= 0.3 is 0 Å². The van der Waals surface area contributed by atoms with Crippen molar-refractivity contribution in [3.63, 3.8) is 0 Å². The van der Waals surface area contributed by atoms with E-state index in [0.717, 1.165) is 36.3 Å². The van der Waals surface area contributed by atoms with E-state index in [1.807, 2.05) is 13.8 Å². The molecule has 0 aliphatic carbocycles. The summed E-state index contributed by atoms with van der Waals surface area (Å²) in [5.41, 5.74) is 1.85. The van der Waals surface area contributed by atoms with Crippen molar-refractivity contribution in [1.82, 2.24) is 25.1 Å². The molecular weight excluding hydrogens is 300 g/mol. The average Bonchev–Trinajstić information content (AvgIpc) is 2.91. The van der Waals surface area contributed by atoms with E-state index in [1.54, 1.807) is 0 Å². The second kappa shape index (κ2) is 8.08. The standard InChI is InChI=1S/C15H23ClN6/c1-4-6-7-8-9-12-18-15(22-21-12)20-14-17-10(3)11(5-2)13(16)19-14/h4-9H2,1-3H3,(H2,17,18,19,20,21,22). The minimum Gasteiger partial charge on any atom is -0.291 e. The van der Waals surface area contributed by atoms with Gasteiger partial charge in [-0.3, -0.25) is 10.4 Å². The third-order valence-electron chi connectivity index (χ3n) is 3.54. The third-order valence-corrected chi connectivity index (χ3v) is 3.85. The molecule has 0 saturated heterocycles. The molecule has 6 nitrogen and oxygen atoms in total. The number of anilines is 2. The van der Waals surface area contributed by atoms with Crippen LogP contribution in [0.15, 0.2) is 0 Å². The van der Waals surface area contributed by atoms with Crippen molar-refractivity contribution in [1.29, 1.82) is 0 Å². The van der Waals surface area contributed by atoms with Gasteiger partial charge < -0.3 is 0 Å². The highest BCUT2D eigenvalue weighted by Crippen LogP contribution is 2.20. The number of hydrogen-bond acceptors (Lipinski definition) is 5. The fourth-order valence-corrected chi connectivity index (χ4v) is 2.65. The molecule has 0 saturated carbocycles. The molecule has 7 heteroatoms. The summed E-state index contributed by atoms with van der Waals surface area (Å²) in [6.07, 6.45) is 6.55. The van der Waals surface area contributed by atoms with E-state index in [4.69, 9.17) is 11.6 Å². The number of hydrogen-bond donors (Lipinski definition) is 2. The van der Waals surface area contributed by atoms with Crippen LogP contribution >= 0.6 is 11.6 Å². The van der Waals surface area contributed by atoms with Crippen LogP contribution in [0.3, 0.4) is 0 Å². The number of nitrogens with one attached hydrogen (secondary N) is 2. The second-order valence-corrected chi connectivity index (χ2v) is 5.65. The smallest absolute Gasteiger partial charge is 0.248 e. The van der Waals surface area contributed by atoms with Crippen LogP contribution in [0.5, 0.6) is 0 Å². The lowest BCUT2D eigenvalue weighted by Gasteiger charge is -2.07. The van der Waals surface area contributed by atoms with Crippen molar-refractivity contribution in [3.05, 3.63) is 22.2 Å². The van der Waals surface area contributed by atoms with Gasteiger partial charge in [0.05, 0.1) is 0 Å². The van der Waals surface area contributed by atoms with Gasteiger partial charge in [0, 0.05) is 17.7 Å². The molecule has 2 N–H and O–H groups in total. The molecule has 0 unspecified atom stereocenters. The zero-order chi connectivity index (χ0) is 15.9. The highest BCUT2D eigenvalue weighted by Gasteiger charge is 2.10. The molecule has 22 heavy (non-hydrogen) atoms. The Balaban J connectivity index is 1.98. The summed E-state index contributed by atoms with van der Waals surface area (Å²) in [5.74, 6) is 1.79. The van der Waals surface area contributed by atoms with E-state index in [9.17, 15) is 0 Å². The van der Waals surface area contributed by atoms with Crippen molar-refractivity contribution in [2.24, 2.45) is 0 Å². The van der Waals surface area contributed by atoms with Gasteiger partial charge in [0.15, 0.2) is 0 Å². The van der Waals surface area contributed by atoms with Crippen molar-refractivity contribution >= 4 is 23.5 Å². The number of H-pyrrole nitrogens is 1. The topological polar surface area (TPSA) is 79.4 Å². The molecule has 120 valence electrons. The maximum atomic E-state index is 6.16. The number of nitrogens with zero attached hydrogens (tertiary/aromatic N) is 4. The SMILES string of the molecule is CCCCCCc1nc(Nc2nc(C)c(CC)c(Cl)n2)n[nH]1. The quantitative estimate of drug-likeness (QED) is 0.567. The van der Waals surface area contributed by atoms with Crippen molar-refractivity contribution in [3.8, 4) is 0 Å². The molecule has 0 fully saturated rings. The Bertz CT molecular complexity index is 587. The Morgan fingerprint density at radius 2 is 1.86 bits per heavy atom. The summed E-state index contributed by atoms with van der Waals surface area (Å²) in [4.78, 5) is 13.0. The first kappa shape index (κ1) is 16.7. The van der Waals surface area contributed by atoms with Crippen LogP contribution in [-0.2, 0) is 12.8 Å². The Kier molecular flexibility index (Phi) is 6.12. The molecule has 0 bridgehead atoms. The lowest BCUT2D eigenvalue weighted by Crippen LogP contribution is -2.03. The first-order chi connectivity index (χ1) is 10.6. The van der Waals surface area contributed by atoms with Gasteiger partial charge in [-0.2, -0.15) is 4.98 Å². The molecule has 0 aliphatic rings. The number of halogens is 1. The van der Waals surface area contributed by atoms with Gasteiger partial charge in [0.25, 0.3) is 0 Å². The number of aromatic nitrogens is 5. The molecule has 0 aliphatic heterocycles. The largest absolute Gasteiger partial charge is 0.291 e. The molecule has 0 spiro atoms. The second-order valence-electron chi connectivity index (χ2n) is 5.30. The van der Waals surface area contributed by atoms with E-state index < -0.39 is 0 Å². The van der Waals surface area contributed by atoms with E-state index in [-0.39, 0.29) is 0 Å². The maximum Gasteiger partial charge on any atom is 0.248 e. The molecule has 2 aromatic rings. The van der Waals surface area contributed by atoms with E-state index >= 15 is 0 Å². The number of unbranched alkanes of at least 4 members (excludes halogenated alkanes) is 3. The van der Waals surface area contributed by atoms with E-state index in [0.29, 0.717) is 17.0 Å². The van der Waals surface area contributed by atoms with Crippen LogP contribution in [0.1, 0.15) is 56.6 Å². The van der Waals surface area contributed by atoms with Crippen molar-refractivity contribution in [2.45, 2.75) is 59.3 Å². The van der Waals surface area contributed by atoms with Gasteiger partial charge in [-0.1, -0.05) is 44.7 Å². The van der Waals surface area contributed by atoms with Crippen LogP contribution in [0.4, 0.5) is 11.9 Å². The van der Waals surface area contributed by atoms with Crippen molar-refractivity contribution in [2.75, 3.05) is 5.32 Å². The lowest BCUT2D eigenvalue weighted by atomic mass is 10.1. The first-order valence-electron chi connectivity index (χ1n) is 7.85. The summed E-state index contributed by atoms with van der Waals surface area (Å²) < 4.78 is 0. The summed E-state index contributed by atoms with van der Waals surface area (Å²) in [6, 6.07) is 0. The highest BCUT2D eigenvalue weighted by molar-refractivity contribution is 6.30. The van der Waals surface area contributed by atoms with Gasteiger partial charge in [-0.25, -0.2) is 9.97 Å². The predicted octanol–water partition coefficient (Wildman–Crippen LogP) is 3.99. The number of rotatable bonds is 8. The summed E-state index contributed by atoms with van der Waals surface area (Å²) in [5, 5.41) is 10.6. The zero-order valence-electron chi connectivity index (χ0n) is 13.4. The fourth-order valence-electron chi connectivity index (χ4n) is 2.30. The van der Waals surface area contributed by atoms with Gasteiger partial charge in [-0.15, -0.1) is 5.10 Å². The molecular formula is C15H23ClN6. The zero-order valence-corrected chi connectivity index (χ0v) is 14.2. The van der Waals surface area contributed by atoms with Crippen LogP contribution in [0.25, 0.3) is 0 Å². The summed E-state index contributed by atoms with van der Waals surface area (Å²) >= 11 is 6.16. The first-order valence-corrected chi connectivity index (χ1v) is 8.23. The molecule has 0 atom stereocenters. The van der Waals surface area contributed by atoms with E-state index in [2.05, 4.69) is 37.4 Å². The number of aromatic amines is 1. The number of aryl methyl sites for hydroxylation is 2. The Hall–Kier alpha value is -1.69. The molecule has 0 radical (unpaired) electrons. The van der Waals surface area contributed by atoms with Crippen LogP contribution < -0.4 is 5.32 Å². The fraction of sp³-hybridized carbons (Fsp3) is 0.600. The third kappa shape index (κ3) is 4.40. The highest BCUT2D eigenvalue weighted by atomic mass is 35.5. The van der Waals surface area contributed by atoms with Crippen molar-refractivity contribution < 1.29 is 0 Å². The Morgan fingerprint density at radius 1 is 1.05 bits per heavy atom. The van der Waals surface area contributed by atoms with Gasteiger partial charge in [0.1, 0.15) is 11.0 Å². The average molecular weight is 323 g/mol. The molecule has 2 heterocycles. The van der Waals surface area contributed by atoms with Crippen LogP contribution in [0.2, 0.25) is 5.15 Å². The predicted molar refractivity (Wildman–Crippen MR) is 88.7 cm³/mol. The minimum absolute atomic E-state index is 0.427. The Labute approximate surface area is 136 Å². The summed E-state index contributed by atoms with van der Waals surface area (Å²) in [7, 11) is 0. The van der Waals surface area contributed by atoms with Crippen LogP contribution in [0, 0.1) is 6.92 Å². The van der Waals surface area contributed by atoms with Crippen LogP contribution in [-0.4, -0.2) is 25.1 Å². The molecule has 0 amide bonds. The summed E-state index contributed by atoms with van der Waals surface area (Å²) in [6.45, 7) is 6.16. The van der Waals surface area contributed by atoms with Gasteiger partial charge in [-0.05, 0) is 19.8 Å². The van der Waals surface area contributed by atoms with Gasteiger partial charge in [0.2, 0.25) is 11.9 Å². The molecule has 0 aromatic carbocycles. The minimum atomic E-state index is 0.427. The molecule has 2 aromatic heterocycles. The maximum absolute atomic E-state index is 6.16. The van der Waals surface area contributed by atoms with E-state index in [1.165, 1.54) is 19.3 Å². The Morgan fingerprint density at radius 3 is 2.55 bits per heavy atom. The lowest BCUT2D eigenvalue weighted by molar-refractivity contribution is 0.653. The monoisotopic (exact) mass is 322 g/mol. The molecule has 2 rings (SSSR count).